The highest BCUT2D eigenvalue weighted by Gasteiger charge is 2.15. The minimum Gasteiger partial charge on any atom is -0.315 e. The number of carbonyl (C=O) groups excluding carboxylic acids is 1. The molecule has 0 fully saturated rings. The Hall–Kier alpha value is -1.72. The molecule has 2 aromatic rings. The number of hydrogen-bond acceptors (Lipinski definition) is 4. The van der Waals surface area contributed by atoms with E-state index in [1.807, 2.05) is 51.2 Å². The molecule has 0 spiro atoms. The van der Waals surface area contributed by atoms with Crippen molar-refractivity contribution in [3.8, 4) is 0 Å². The van der Waals surface area contributed by atoms with Crippen LogP contribution in [0.2, 0.25) is 0 Å². The van der Waals surface area contributed by atoms with E-state index in [0.29, 0.717) is 13.0 Å². The number of anilines is 1. The summed E-state index contributed by atoms with van der Waals surface area (Å²) in [5.41, 5.74) is 2.00. The molecule has 1 atom stereocenters. The summed E-state index contributed by atoms with van der Waals surface area (Å²) in [4.78, 5) is 19.8. The molecule has 0 aliphatic rings. The SMILES string of the molecule is Cc1nc(CN[C@@H](C)CC(=O)N(C)c2ccccc2)c(C)s1. The van der Waals surface area contributed by atoms with Gasteiger partial charge < -0.3 is 10.2 Å². The molecule has 0 aliphatic heterocycles. The molecule has 1 amide bonds. The summed E-state index contributed by atoms with van der Waals surface area (Å²) in [5.74, 6) is 0.109. The Bertz CT molecular complexity index is 624. The average molecular weight is 317 g/mol. The van der Waals surface area contributed by atoms with Gasteiger partial charge in [0, 0.05) is 36.6 Å². The van der Waals surface area contributed by atoms with Gasteiger partial charge in [-0.05, 0) is 32.9 Å². The van der Waals surface area contributed by atoms with Gasteiger partial charge in [0.1, 0.15) is 0 Å². The number of aromatic nitrogens is 1. The fraction of sp³-hybridized carbons (Fsp3) is 0.412. The third-order valence-electron chi connectivity index (χ3n) is 3.62. The number of thiazole rings is 1. The van der Waals surface area contributed by atoms with Crippen molar-refractivity contribution >= 4 is 22.9 Å². The van der Waals surface area contributed by atoms with Crippen LogP contribution in [0.15, 0.2) is 30.3 Å². The maximum atomic E-state index is 12.3. The molecule has 1 heterocycles. The zero-order chi connectivity index (χ0) is 16.1. The second-order valence-corrected chi connectivity index (χ2v) is 6.92. The van der Waals surface area contributed by atoms with E-state index in [-0.39, 0.29) is 11.9 Å². The zero-order valence-electron chi connectivity index (χ0n) is 13.6. The third kappa shape index (κ3) is 4.39. The molecule has 0 radical (unpaired) electrons. The van der Waals surface area contributed by atoms with E-state index < -0.39 is 0 Å². The molecule has 22 heavy (non-hydrogen) atoms. The average Bonchev–Trinajstić information content (AvgIpc) is 2.83. The summed E-state index contributed by atoms with van der Waals surface area (Å²) in [6, 6.07) is 9.82. The Morgan fingerprint density at radius 1 is 1.32 bits per heavy atom. The van der Waals surface area contributed by atoms with Crippen LogP contribution in [-0.4, -0.2) is 24.0 Å². The number of amides is 1. The first-order chi connectivity index (χ1) is 10.5. The normalized spacial score (nSPS) is 12.2. The quantitative estimate of drug-likeness (QED) is 0.889. The van der Waals surface area contributed by atoms with Crippen molar-refractivity contribution in [1.29, 1.82) is 0 Å². The number of benzene rings is 1. The van der Waals surface area contributed by atoms with Gasteiger partial charge in [0.05, 0.1) is 10.7 Å². The van der Waals surface area contributed by atoms with Gasteiger partial charge in [0.25, 0.3) is 0 Å². The zero-order valence-corrected chi connectivity index (χ0v) is 14.4. The highest BCUT2D eigenvalue weighted by atomic mass is 32.1. The molecule has 4 nitrogen and oxygen atoms in total. The van der Waals surface area contributed by atoms with Crippen LogP contribution in [0.1, 0.15) is 28.9 Å². The summed E-state index contributed by atoms with van der Waals surface area (Å²) in [6.45, 7) is 6.84. The minimum atomic E-state index is 0.109. The van der Waals surface area contributed by atoms with Crippen LogP contribution in [-0.2, 0) is 11.3 Å². The molecule has 0 saturated heterocycles. The third-order valence-corrected chi connectivity index (χ3v) is 4.54. The van der Waals surface area contributed by atoms with Crippen LogP contribution >= 0.6 is 11.3 Å². The molecular formula is C17H23N3OS. The number of nitrogens with one attached hydrogen (secondary N) is 1. The standard InChI is InChI=1S/C17H23N3OS/c1-12(18-11-16-13(2)22-14(3)19-16)10-17(21)20(4)15-8-6-5-7-9-15/h5-9,12,18H,10-11H2,1-4H3/t12-/m0/s1. The van der Waals surface area contributed by atoms with Gasteiger partial charge in [-0.15, -0.1) is 11.3 Å². The first-order valence-electron chi connectivity index (χ1n) is 7.45. The Balaban J connectivity index is 1.85. The van der Waals surface area contributed by atoms with E-state index in [1.54, 1.807) is 16.2 Å². The predicted molar refractivity (Wildman–Crippen MR) is 92.4 cm³/mol. The van der Waals surface area contributed by atoms with E-state index in [1.165, 1.54) is 4.88 Å². The van der Waals surface area contributed by atoms with Crippen LogP contribution in [0.3, 0.4) is 0 Å². The summed E-state index contributed by atoms with van der Waals surface area (Å²) in [7, 11) is 1.82. The first kappa shape index (κ1) is 16.6. The Morgan fingerprint density at radius 3 is 2.59 bits per heavy atom. The Labute approximate surface area is 136 Å². The maximum Gasteiger partial charge on any atom is 0.228 e. The lowest BCUT2D eigenvalue weighted by molar-refractivity contribution is -0.118. The lowest BCUT2D eigenvalue weighted by Gasteiger charge is -2.20. The van der Waals surface area contributed by atoms with E-state index >= 15 is 0 Å². The molecule has 0 aliphatic carbocycles. The van der Waals surface area contributed by atoms with Crippen LogP contribution in [0.5, 0.6) is 0 Å². The molecule has 1 aromatic heterocycles. The van der Waals surface area contributed by atoms with Crippen molar-refractivity contribution in [2.75, 3.05) is 11.9 Å². The van der Waals surface area contributed by atoms with Crippen LogP contribution in [0.25, 0.3) is 0 Å². The van der Waals surface area contributed by atoms with Crippen LogP contribution in [0.4, 0.5) is 5.69 Å². The van der Waals surface area contributed by atoms with Gasteiger partial charge in [0.15, 0.2) is 0 Å². The number of rotatable bonds is 6. The molecule has 0 bridgehead atoms. The van der Waals surface area contributed by atoms with Crippen LogP contribution < -0.4 is 10.2 Å². The Kier molecular flexibility index (Phi) is 5.69. The van der Waals surface area contributed by atoms with Crippen molar-refractivity contribution in [3.63, 3.8) is 0 Å². The predicted octanol–water partition coefficient (Wildman–Crippen LogP) is 3.29. The Morgan fingerprint density at radius 2 is 2.00 bits per heavy atom. The second kappa shape index (κ2) is 7.51. The molecular weight excluding hydrogens is 294 g/mol. The van der Waals surface area contributed by atoms with Gasteiger partial charge in [-0.3, -0.25) is 4.79 Å². The van der Waals surface area contributed by atoms with Gasteiger partial charge in [-0.1, -0.05) is 18.2 Å². The monoisotopic (exact) mass is 317 g/mol. The molecule has 1 N–H and O–H groups in total. The highest BCUT2D eigenvalue weighted by Crippen LogP contribution is 2.16. The molecule has 1 aromatic carbocycles. The second-order valence-electron chi connectivity index (χ2n) is 5.51. The molecule has 2 rings (SSSR count). The fourth-order valence-electron chi connectivity index (χ4n) is 2.27. The number of hydrogen-bond donors (Lipinski definition) is 1. The maximum absolute atomic E-state index is 12.3. The van der Waals surface area contributed by atoms with Crippen molar-refractivity contribution in [3.05, 3.63) is 45.9 Å². The smallest absolute Gasteiger partial charge is 0.228 e. The number of carbonyl (C=O) groups is 1. The number of aryl methyl sites for hydroxylation is 2. The topological polar surface area (TPSA) is 45.2 Å². The van der Waals surface area contributed by atoms with Gasteiger partial charge in [-0.2, -0.15) is 0 Å². The van der Waals surface area contributed by atoms with Crippen molar-refractivity contribution in [1.82, 2.24) is 10.3 Å². The van der Waals surface area contributed by atoms with E-state index in [9.17, 15) is 4.79 Å². The van der Waals surface area contributed by atoms with E-state index in [4.69, 9.17) is 0 Å². The van der Waals surface area contributed by atoms with E-state index in [0.717, 1.165) is 16.4 Å². The lowest BCUT2D eigenvalue weighted by atomic mass is 10.2. The number of nitrogens with zero attached hydrogens (tertiary/aromatic N) is 2. The minimum absolute atomic E-state index is 0.109. The van der Waals surface area contributed by atoms with E-state index in [2.05, 4.69) is 17.2 Å². The molecule has 5 heteroatoms. The molecule has 0 saturated carbocycles. The van der Waals surface area contributed by atoms with Crippen LogP contribution in [0, 0.1) is 13.8 Å². The summed E-state index contributed by atoms with van der Waals surface area (Å²) in [6.07, 6.45) is 0.466. The van der Waals surface area contributed by atoms with Gasteiger partial charge in [-0.25, -0.2) is 4.98 Å². The lowest BCUT2D eigenvalue weighted by Crippen LogP contribution is -2.34. The molecule has 0 unspecified atom stereocenters. The summed E-state index contributed by atoms with van der Waals surface area (Å²) in [5, 5.41) is 4.47. The number of para-hydroxylation sites is 1. The van der Waals surface area contributed by atoms with Gasteiger partial charge >= 0.3 is 0 Å². The first-order valence-corrected chi connectivity index (χ1v) is 8.27. The summed E-state index contributed by atoms with van der Waals surface area (Å²) >= 11 is 1.71. The fourth-order valence-corrected chi connectivity index (χ4v) is 3.11. The van der Waals surface area contributed by atoms with Crippen molar-refractivity contribution in [2.24, 2.45) is 0 Å². The molecule has 118 valence electrons. The van der Waals surface area contributed by atoms with Crippen molar-refractivity contribution in [2.45, 2.75) is 39.8 Å². The highest BCUT2D eigenvalue weighted by molar-refractivity contribution is 7.11. The van der Waals surface area contributed by atoms with Gasteiger partial charge in [0.2, 0.25) is 5.91 Å². The summed E-state index contributed by atoms with van der Waals surface area (Å²) < 4.78 is 0. The van der Waals surface area contributed by atoms with Crippen molar-refractivity contribution < 1.29 is 4.79 Å². The largest absolute Gasteiger partial charge is 0.315 e.